The van der Waals surface area contributed by atoms with Gasteiger partial charge in [-0.15, -0.1) is 0 Å². The van der Waals surface area contributed by atoms with Gasteiger partial charge in [0.2, 0.25) is 0 Å². The molecule has 0 atom stereocenters. The van der Waals surface area contributed by atoms with E-state index in [1.54, 1.807) is 19.4 Å². The summed E-state index contributed by atoms with van der Waals surface area (Å²) in [6.07, 6.45) is 3.11. The van der Waals surface area contributed by atoms with Crippen molar-refractivity contribution in [1.29, 1.82) is 0 Å². The molecule has 0 amide bonds. The Morgan fingerprint density at radius 3 is 2.59 bits per heavy atom. The molecule has 0 saturated heterocycles. The van der Waals surface area contributed by atoms with Gasteiger partial charge in [0.15, 0.2) is 11.3 Å². The fourth-order valence-corrected chi connectivity index (χ4v) is 3.95. The second-order valence-corrected chi connectivity index (χ2v) is 7.38. The van der Waals surface area contributed by atoms with Crippen molar-refractivity contribution < 1.29 is 9.15 Å². The molecule has 8 nitrogen and oxygen atoms in total. The minimum absolute atomic E-state index is 0.206. The van der Waals surface area contributed by atoms with Crippen LogP contribution in [0.3, 0.4) is 0 Å². The fraction of sp³-hybridized carbons (Fsp3) is 0.0833. The molecule has 0 aliphatic heterocycles. The van der Waals surface area contributed by atoms with Gasteiger partial charge in [-0.1, -0.05) is 18.2 Å². The van der Waals surface area contributed by atoms with Gasteiger partial charge in [0.05, 0.1) is 36.6 Å². The number of para-hydroxylation sites is 2. The van der Waals surface area contributed by atoms with Crippen molar-refractivity contribution >= 4 is 33.2 Å². The number of ether oxygens (including phenoxy) is 1. The lowest BCUT2D eigenvalue weighted by Gasteiger charge is -2.08. The number of furan rings is 1. The maximum atomic E-state index is 13.5. The zero-order chi connectivity index (χ0) is 21.7. The number of fused-ring (bicyclic) bond motifs is 4. The maximum Gasteiger partial charge on any atom is 0.265 e. The van der Waals surface area contributed by atoms with E-state index in [9.17, 15) is 4.79 Å². The molecule has 32 heavy (non-hydrogen) atoms. The van der Waals surface area contributed by atoms with Crippen molar-refractivity contribution in [1.82, 2.24) is 24.1 Å². The van der Waals surface area contributed by atoms with E-state index in [-0.39, 0.29) is 12.1 Å². The van der Waals surface area contributed by atoms with Crippen molar-refractivity contribution in [2.75, 3.05) is 7.11 Å². The third kappa shape index (κ3) is 2.77. The Kier molecular flexibility index (Phi) is 4.04. The molecule has 156 valence electrons. The monoisotopic (exact) mass is 423 g/mol. The summed E-state index contributed by atoms with van der Waals surface area (Å²) in [7, 11) is 1.61. The van der Waals surface area contributed by atoms with E-state index < -0.39 is 0 Å². The highest BCUT2D eigenvalue weighted by molar-refractivity contribution is 6.05. The second kappa shape index (κ2) is 7.05. The van der Waals surface area contributed by atoms with Gasteiger partial charge in [-0.2, -0.15) is 0 Å². The van der Waals surface area contributed by atoms with Crippen LogP contribution in [-0.2, 0) is 6.54 Å². The van der Waals surface area contributed by atoms with Crippen LogP contribution in [0.5, 0.6) is 5.75 Å². The fourth-order valence-electron chi connectivity index (χ4n) is 3.95. The topological polar surface area (TPSA) is 88.0 Å². The summed E-state index contributed by atoms with van der Waals surface area (Å²) in [6, 6.07) is 18.8. The summed E-state index contributed by atoms with van der Waals surface area (Å²) >= 11 is 0. The zero-order valence-electron chi connectivity index (χ0n) is 17.1. The molecule has 6 aromatic rings. The summed E-state index contributed by atoms with van der Waals surface area (Å²) < 4.78 is 14.2. The molecule has 0 radical (unpaired) electrons. The van der Waals surface area contributed by atoms with Crippen LogP contribution in [0.25, 0.3) is 38.9 Å². The molecule has 0 aliphatic rings. The van der Waals surface area contributed by atoms with Crippen LogP contribution in [0.4, 0.5) is 0 Å². The first-order valence-electron chi connectivity index (χ1n) is 10.1. The van der Waals surface area contributed by atoms with Crippen molar-refractivity contribution in [2.24, 2.45) is 0 Å². The molecule has 0 saturated carbocycles. The molecule has 4 heterocycles. The van der Waals surface area contributed by atoms with E-state index in [0.717, 1.165) is 11.2 Å². The normalized spacial score (nSPS) is 11.5. The van der Waals surface area contributed by atoms with Gasteiger partial charge >= 0.3 is 0 Å². The van der Waals surface area contributed by atoms with Gasteiger partial charge in [-0.3, -0.25) is 13.9 Å². The summed E-state index contributed by atoms with van der Waals surface area (Å²) in [6.45, 7) is 0.279. The first-order chi connectivity index (χ1) is 15.7. The lowest BCUT2D eigenvalue weighted by atomic mass is 10.3. The highest BCUT2D eigenvalue weighted by Gasteiger charge is 2.21. The number of benzene rings is 2. The number of nitrogens with zero attached hydrogens (tertiary/aromatic N) is 5. The smallest absolute Gasteiger partial charge is 0.265 e. The number of methoxy groups -OCH3 is 1. The van der Waals surface area contributed by atoms with E-state index in [1.807, 2.05) is 59.2 Å². The summed E-state index contributed by atoms with van der Waals surface area (Å²) in [5.74, 6) is 1.36. The Morgan fingerprint density at radius 2 is 1.81 bits per heavy atom. The third-order valence-corrected chi connectivity index (χ3v) is 5.45. The van der Waals surface area contributed by atoms with Crippen LogP contribution in [0.2, 0.25) is 0 Å². The van der Waals surface area contributed by atoms with Crippen LogP contribution >= 0.6 is 0 Å². The Balaban J connectivity index is 1.72. The van der Waals surface area contributed by atoms with E-state index >= 15 is 0 Å². The molecule has 0 N–H and O–H groups in total. The number of aromatic nitrogens is 5. The highest BCUT2D eigenvalue weighted by Crippen LogP contribution is 2.29. The van der Waals surface area contributed by atoms with E-state index in [4.69, 9.17) is 19.1 Å². The molecule has 6 rings (SSSR count). The Morgan fingerprint density at radius 1 is 0.969 bits per heavy atom. The van der Waals surface area contributed by atoms with Crippen LogP contribution < -0.4 is 10.3 Å². The molecule has 0 bridgehead atoms. The van der Waals surface area contributed by atoms with Crippen molar-refractivity contribution in [3.63, 3.8) is 0 Å². The van der Waals surface area contributed by atoms with Gasteiger partial charge in [-0.25, -0.2) is 15.0 Å². The van der Waals surface area contributed by atoms with Crippen LogP contribution in [0.1, 0.15) is 5.76 Å². The third-order valence-electron chi connectivity index (χ3n) is 5.45. The standard InChI is InChI=1S/C24H17N5O3/c1-31-16-7-4-6-15(12-16)29-22-20(21-23(29)27-19-10-3-2-9-18(19)26-21)24(30)28(14-25-22)13-17-8-5-11-32-17/h2-12,14H,13H2,1H3. The minimum Gasteiger partial charge on any atom is -0.497 e. The second-order valence-electron chi connectivity index (χ2n) is 7.38. The first-order valence-corrected chi connectivity index (χ1v) is 10.1. The lowest BCUT2D eigenvalue weighted by Crippen LogP contribution is -2.21. The average molecular weight is 423 g/mol. The molecular formula is C24H17N5O3. The molecule has 0 aliphatic carbocycles. The Hall–Kier alpha value is -4.46. The van der Waals surface area contributed by atoms with Crippen molar-refractivity contribution in [3.05, 3.63) is 89.4 Å². The molecule has 4 aromatic heterocycles. The molecule has 0 fully saturated rings. The van der Waals surface area contributed by atoms with E-state index in [0.29, 0.717) is 39.2 Å². The number of hydrogen-bond donors (Lipinski definition) is 0. The Labute approximate surface area is 181 Å². The first kappa shape index (κ1) is 18.3. The van der Waals surface area contributed by atoms with Crippen molar-refractivity contribution in [2.45, 2.75) is 6.54 Å². The van der Waals surface area contributed by atoms with E-state index in [1.165, 1.54) is 10.9 Å². The SMILES string of the molecule is COc1cccc(-n2c3nc4ccccc4nc3c3c(=O)n(Cc4ccco4)cnc32)c1. The summed E-state index contributed by atoms with van der Waals surface area (Å²) in [4.78, 5) is 27.8. The predicted molar refractivity (Wildman–Crippen MR) is 120 cm³/mol. The van der Waals surface area contributed by atoms with Gasteiger partial charge in [0.1, 0.15) is 28.7 Å². The summed E-state index contributed by atoms with van der Waals surface area (Å²) in [5.41, 5.74) is 3.59. The minimum atomic E-state index is -0.206. The van der Waals surface area contributed by atoms with Crippen LogP contribution in [0.15, 0.2) is 82.5 Å². The number of hydrogen-bond acceptors (Lipinski definition) is 6. The van der Waals surface area contributed by atoms with Crippen LogP contribution in [0, 0.1) is 0 Å². The molecule has 0 spiro atoms. The number of rotatable bonds is 4. The highest BCUT2D eigenvalue weighted by atomic mass is 16.5. The van der Waals surface area contributed by atoms with Gasteiger partial charge < -0.3 is 9.15 Å². The zero-order valence-corrected chi connectivity index (χ0v) is 17.1. The molecule has 2 aromatic carbocycles. The quantitative estimate of drug-likeness (QED) is 0.427. The largest absolute Gasteiger partial charge is 0.497 e. The van der Waals surface area contributed by atoms with Crippen LogP contribution in [-0.4, -0.2) is 31.2 Å². The van der Waals surface area contributed by atoms with Crippen molar-refractivity contribution in [3.8, 4) is 11.4 Å². The average Bonchev–Trinajstić information content (AvgIpc) is 3.45. The molecule has 0 unspecified atom stereocenters. The van der Waals surface area contributed by atoms with Gasteiger partial charge in [-0.05, 0) is 36.4 Å². The summed E-state index contributed by atoms with van der Waals surface area (Å²) in [5, 5.41) is 0.412. The maximum absolute atomic E-state index is 13.5. The predicted octanol–water partition coefficient (Wildman–Crippen LogP) is 3.93. The molecule has 8 heteroatoms. The molecular weight excluding hydrogens is 406 g/mol. The Bertz CT molecular complexity index is 1660. The van der Waals surface area contributed by atoms with E-state index in [2.05, 4.69) is 4.98 Å². The lowest BCUT2D eigenvalue weighted by molar-refractivity contribution is 0.414. The van der Waals surface area contributed by atoms with Gasteiger partial charge in [0, 0.05) is 6.07 Å². The van der Waals surface area contributed by atoms with Gasteiger partial charge in [0.25, 0.3) is 5.56 Å².